The molecule has 0 spiro atoms. The summed E-state index contributed by atoms with van der Waals surface area (Å²) in [6.07, 6.45) is 3.11. The molecule has 0 unspecified atom stereocenters. The van der Waals surface area contributed by atoms with Crippen molar-refractivity contribution < 1.29 is 0 Å². The first-order valence-corrected chi connectivity index (χ1v) is 6.08. The van der Waals surface area contributed by atoms with Gasteiger partial charge in [-0.25, -0.2) is 0 Å². The summed E-state index contributed by atoms with van der Waals surface area (Å²) in [6.45, 7) is 9.37. The fourth-order valence-electron chi connectivity index (χ4n) is 2.16. The zero-order valence-corrected chi connectivity index (χ0v) is 10.5. The van der Waals surface area contributed by atoms with Gasteiger partial charge < -0.3 is 5.73 Å². The maximum absolute atomic E-state index is 6.13. The third kappa shape index (κ3) is 2.28. The van der Waals surface area contributed by atoms with Crippen LogP contribution in [0.2, 0.25) is 0 Å². The predicted molar refractivity (Wildman–Crippen MR) is 65.1 cm³/mol. The minimum absolute atomic E-state index is 0.0562. The van der Waals surface area contributed by atoms with Gasteiger partial charge >= 0.3 is 0 Å². The molecule has 2 heterocycles. The van der Waals surface area contributed by atoms with Crippen LogP contribution in [0.25, 0.3) is 0 Å². The Balaban J connectivity index is 1.87. The van der Waals surface area contributed by atoms with Crippen LogP contribution >= 0.6 is 0 Å². The van der Waals surface area contributed by atoms with Crippen LogP contribution in [0.5, 0.6) is 0 Å². The van der Waals surface area contributed by atoms with Crippen molar-refractivity contribution >= 4 is 0 Å². The Labute approximate surface area is 97.4 Å². The van der Waals surface area contributed by atoms with Gasteiger partial charge in [-0.1, -0.05) is 6.92 Å². The highest BCUT2D eigenvalue weighted by atomic mass is 15.3. The molecule has 4 heteroatoms. The fourth-order valence-corrected chi connectivity index (χ4v) is 2.16. The maximum Gasteiger partial charge on any atom is 0.0764 e. The van der Waals surface area contributed by atoms with E-state index in [1.54, 1.807) is 0 Å². The average molecular weight is 222 g/mol. The number of nitrogens with zero attached hydrogens (tertiary/aromatic N) is 3. The van der Waals surface area contributed by atoms with E-state index in [-0.39, 0.29) is 5.54 Å². The third-order valence-corrected chi connectivity index (χ3v) is 3.36. The summed E-state index contributed by atoms with van der Waals surface area (Å²) in [5, 5.41) is 4.54. The molecule has 0 radical (unpaired) electrons. The van der Waals surface area contributed by atoms with Gasteiger partial charge in [0, 0.05) is 37.4 Å². The van der Waals surface area contributed by atoms with Crippen LogP contribution in [0.3, 0.4) is 0 Å². The summed E-state index contributed by atoms with van der Waals surface area (Å²) in [4.78, 5) is 2.36. The first-order chi connectivity index (χ1) is 7.52. The molecule has 2 rings (SSSR count). The van der Waals surface area contributed by atoms with Crippen LogP contribution in [-0.4, -0.2) is 33.3 Å². The lowest BCUT2D eigenvalue weighted by molar-refractivity contribution is 0.0593. The summed E-state index contributed by atoms with van der Waals surface area (Å²) in [5.41, 5.74) is 7.33. The van der Waals surface area contributed by atoms with E-state index in [1.807, 2.05) is 4.68 Å². The lowest BCUT2D eigenvalue weighted by Gasteiger charge is -2.47. The number of likely N-dealkylation sites (tertiary alicyclic amines) is 1. The van der Waals surface area contributed by atoms with Crippen molar-refractivity contribution in [2.75, 3.05) is 13.1 Å². The SMILES string of the molecule is CCC1(N)CN(Cc2ccn(C(C)C)n2)C1. The zero-order valence-electron chi connectivity index (χ0n) is 10.5. The highest BCUT2D eigenvalue weighted by Crippen LogP contribution is 2.23. The molecule has 16 heavy (non-hydrogen) atoms. The first-order valence-electron chi connectivity index (χ1n) is 6.08. The molecule has 90 valence electrons. The summed E-state index contributed by atoms with van der Waals surface area (Å²) in [7, 11) is 0. The Kier molecular flexibility index (Phi) is 3.04. The van der Waals surface area contributed by atoms with Gasteiger partial charge in [0.2, 0.25) is 0 Å². The molecule has 1 fully saturated rings. The van der Waals surface area contributed by atoms with E-state index < -0.39 is 0 Å². The maximum atomic E-state index is 6.13. The zero-order chi connectivity index (χ0) is 11.8. The molecular formula is C12H22N4. The molecule has 1 aliphatic heterocycles. The van der Waals surface area contributed by atoms with E-state index in [9.17, 15) is 0 Å². The molecular weight excluding hydrogens is 200 g/mol. The highest BCUT2D eigenvalue weighted by Gasteiger charge is 2.37. The van der Waals surface area contributed by atoms with Crippen LogP contribution in [-0.2, 0) is 6.54 Å². The lowest BCUT2D eigenvalue weighted by Crippen LogP contribution is -2.66. The lowest BCUT2D eigenvalue weighted by atomic mass is 9.88. The first kappa shape index (κ1) is 11.6. The van der Waals surface area contributed by atoms with Crippen LogP contribution in [0.4, 0.5) is 0 Å². The smallest absolute Gasteiger partial charge is 0.0764 e. The second-order valence-corrected chi connectivity index (χ2v) is 5.24. The van der Waals surface area contributed by atoms with Crippen LogP contribution in [0.1, 0.15) is 38.9 Å². The van der Waals surface area contributed by atoms with E-state index in [0.29, 0.717) is 6.04 Å². The Morgan fingerprint density at radius 1 is 1.50 bits per heavy atom. The molecule has 0 aromatic carbocycles. The Bertz CT molecular complexity index is 350. The summed E-state index contributed by atoms with van der Waals surface area (Å²) in [6, 6.07) is 2.54. The molecule has 0 aliphatic carbocycles. The number of hydrogen-bond acceptors (Lipinski definition) is 3. The number of hydrogen-bond donors (Lipinski definition) is 1. The van der Waals surface area contributed by atoms with Crippen molar-refractivity contribution in [2.24, 2.45) is 5.73 Å². The third-order valence-electron chi connectivity index (χ3n) is 3.36. The minimum Gasteiger partial charge on any atom is -0.323 e. The molecule has 0 bridgehead atoms. The van der Waals surface area contributed by atoms with Crippen LogP contribution < -0.4 is 5.73 Å². The molecule has 1 aromatic heterocycles. The van der Waals surface area contributed by atoms with E-state index >= 15 is 0 Å². The number of rotatable bonds is 4. The fraction of sp³-hybridized carbons (Fsp3) is 0.750. The second kappa shape index (κ2) is 4.18. The van der Waals surface area contributed by atoms with Crippen molar-refractivity contribution in [2.45, 2.75) is 45.3 Å². The second-order valence-electron chi connectivity index (χ2n) is 5.24. The van der Waals surface area contributed by atoms with Crippen molar-refractivity contribution in [3.05, 3.63) is 18.0 Å². The molecule has 1 aromatic rings. The molecule has 0 saturated carbocycles. The van der Waals surface area contributed by atoms with Gasteiger partial charge in [-0.05, 0) is 26.3 Å². The van der Waals surface area contributed by atoms with Crippen LogP contribution in [0, 0.1) is 0 Å². The van der Waals surface area contributed by atoms with Crippen LogP contribution in [0.15, 0.2) is 12.3 Å². The number of nitrogens with two attached hydrogens (primary N) is 1. The van der Waals surface area contributed by atoms with Gasteiger partial charge in [-0.15, -0.1) is 0 Å². The Morgan fingerprint density at radius 3 is 2.69 bits per heavy atom. The van der Waals surface area contributed by atoms with Gasteiger partial charge in [-0.3, -0.25) is 9.58 Å². The van der Waals surface area contributed by atoms with E-state index in [1.165, 1.54) is 0 Å². The van der Waals surface area contributed by atoms with Crippen molar-refractivity contribution in [3.63, 3.8) is 0 Å². The summed E-state index contributed by atoms with van der Waals surface area (Å²) in [5.74, 6) is 0. The standard InChI is InChI=1S/C12H22N4/c1-4-12(13)8-15(9-12)7-11-5-6-16(14-11)10(2)3/h5-6,10H,4,7-9,13H2,1-3H3. The number of aromatic nitrogens is 2. The van der Waals surface area contributed by atoms with Gasteiger partial charge in [0.25, 0.3) is 0 Å². The van der Waals surface area contributed by atoms with E-state index in [0.717, 1.165) is 31.7 Å². The normalized spacial score (nSPS) is 20.1. The quantitative estimate of drug-likeness (QED) is 0.837. The Morgan fingerprint density at radius 2 is 2.19 bits per heavy atom. The summed E-state index contributed by atoms with van der Waals surface area (Å²) >= 11 is 0. The molecule has 0 amide bonds. The summed E-state index contributed by atoms with van der Waals surface area (Å²) < 4.78 is 2.00. The largest absolute Gasteiger partial charge is 0.323 e. The topological polar surface area (TPSA) is 47.1 Å². The van der Waals surface area contributed by atoms with Crippen molar-refractivity contribution in [3.8, 4) is 0 Å². The molecule has 1 saturated heterocycles. The molecule has 4 nitrogen and oxygen atoms in total. The predicted octanol–water partition coefficient (Wildman–Crippen LogP) is 1.39. The van der Waals surface area contributed by atoms with Gasteiger partial charge in [0.1, 0.15) is 0 Å². The van der Waals surface area contributed by atoms with E-state index in [4.69, 9.17) is 5.73 Å². The van der Waals surface area contributed by atoms with Gasteiger partial charge in [0.05, 0.1) is 5.69 Å². The monoisotopic (exact) mass is 222 g/mol. The highest BCUT2D eigenvalue weighted by molar-refractivity contribution is 5.05. The molecule has 2 N–H and O–H groups in total. The van der Waals surface area contributed by atoms with Crippen molar-refractivity contribution in [1.82, 2.24) is 14.7 Å². The average Bonchev–Trinajstić information content (AvgIpc) is 2.63. The van der Waals surface area contributed by atoms with Gasteiger partial charge in [-0.2, -0.15) is 5.10 Å². The molecule has 0 atom stereocenters. The molecule has 1 aliphatic rings. The Hall–Kier alpha value is -0.870. The van der Waals surface area contributed by atoms with E-state index in [2.05, 4.69) is 43.0 Å². The van der Waals surface area contributed by atoms with Crippen molar-refractivity contribution in [1.29, 1.82) is 0 Å². The van der Waals surface area contributed by atoms with Gasteiger partial charge in [0.15, 0.2) is 0 Å². The minimum atomic E-state index is 0.0562.